The molecule has 1 aliphatic carbocycles. The second-order valence-electron chi connectivity index (χ2n) is 5.35. The van der Waals surface area contributed by atoms with Crippen LogP contribution in [0, 0.1) is 22.2 Å². The molecule has 1 saturated carbocycles. The predicted octanol–water partition coefficient (Wildman–Crippen LogP) is 0.0774. The van der Waals surface area contributed by atoms with Crippen LogP contribution in [-0.4, -0.2) is 24.3 Å². The summed E-state index contributed by atoms with van der Waals surface area (Å²) in [7, 11) is 0. The van der Waals surface area contributed by atoms with Gasteiger partial charge in [-0.15, -0.1) is 0 Å². The summed E-state index contributed by atoms with van der Waals surface area (Å²) in [6, 6.07) is 0. The number of nitroso groups, excluding NO2 is 1. The van der Waals surface area contributed by atoms with Crippen molar-refractivity contribution in [2.45, 2.75) is 32.1 Å². The van der Waals surface area contributed by atoms with Crippen molar-refractivity contribution in [2.75, 3.05) is 6.54 Å². The number of imide groups is 1. The van der Waals surface area contributed by atoms with Gasteiger partial charge in [-0.3, -0.25) is 19.7 Å². The van der Waals surface area contributed by atoms with Crippen LogP contribution in [0.5, 0.6) is 0 Å². The number of carbonyl (C=O) groups is 3. The fraction of sp³-hybridized carbons (Fsp3) is 0.750. The molecule has 1 saturated heterocycles. The van der Waals surface area contributed by atoms with Crippen LogP contribution in [-0.2, 0) is 14.4 Å². The Hall–Kier alpha value is -1.79. The maximum atomic E-state index is 12.0. The van der Waals surface area contributed by atoms with Gasteiger partial charge in [-0.2, -0.15) is 4.91 Å². The highest BCUT2D eigenvalue weighted by Gasteiger charge is 2.57. The fourth-order valence-electron chi connectivity index (χ4n) is 3.60. The van der Waals surface area contributed by atoms with Crippen molar-refractivity contribution in [2.24, 2.45) is 28.2 Å². The Labute approximate surface area is 110 Å². The molecule has 19 heavy (non-hydrogen) atoms. The van der Waals surface area contributed by atoms with Gasteiger partial charge in [-0.1, -0.05) is 24.4 Å². The van der Waals surface area contributed by atoms with Gasteiger partial charge in [-0.25, -0.2) is 0 Å². The number of primary amides is 1. The van der Waals surface area contributed by atoms with Gasteiger partial charge in [0.15, 0.2) is 0 Å². The zero-order valence-electron chi connectivity index (χ0n) is 10.6. The van der Waals surface area contributed by atoms with Crippen LogP contribution in [0.2, 0.25) is 0 Å². The fourth-order valence-corrected chi connectivity index (χ4v) is 3.60. The van der Waals surface area contributed by atoms with E-state index in [1.54, 1.807) is 0 Å². The van der Waals surface area contributed by atoms with Crippen LogP contribution in [0.15, 0.2) is 5.18 Å². The molecule has 104 valence electrons. The number of nitrogens with zero attached hydrogens (tertiary/aromatic N) is 1. The van der Waals surface area contributed by atoms with Gasteiger partial charge in [0.1, 0.15) is 5.92 Å². The van der Waals surface area contributed by atoms with Crippen molar-refractivity contribution in [3.8, 4) is 0 Å². The molecule has 0 aromatic carbocycles. The summed E-state index contributed by atoms with van der Waals surface area (Å²) in [5.41, 5.74) is 4.53. The van der Waals surface area contributed by atoms with Gasteiger partial charge in [0, 0.05) is 5.41 Å². The monoisotopic (exact) mass is 267 g/mol. The average Bonchev–Trinajstić information content (AvgIpc) is 2.35. The van der Waals surface area contributed by atoms with E-state index in [4.69, 9.17) is 5.73 Å². The number of nitrogens with one attached hydrogen (secondary N) is 1. The average molecular weight is 267 g/mol. The third-order valence-corrected chi connectivity index (χ3v) is 4.42. The van der Waals surface area contributed by atoms with Crippen LogP contribution in [0.25, 0.3) is 0 Å². The molecule has 3 amide bonds. The summed E-state index contributed by atoms with van der Waals surface area (Å²) in [5, 5.41) is 4.94. The highest BCUT2D eigenvalue weighted by atomic mass is 16.3. The van der Waals surface area contributed by atoms with E-state index >= 15 is 0 Å². The Kier molecular flexibility index (Phi) is 3.64. The zero-order valence-corrected chi connectivity index (χ0v) is 10.6. The summed E-state index contributed by atoms with van der Waals surface area (Å²) in [6.45, 7) is -0.219. The van der Waals surface area contributed by atoms with Gasteiger partial charge in [0.05, 0.1) is 12.5 Å². The molecular weight excluding hydrogens is 250 g/mol. The second-order valence-corrected chi connectivity index (χ2v) is 5.35. The molecule has 2 rings (SSSR count). The molecule has 2 unspecified atom stereocenters. The molecule has 2 fully saturated rings. The van der Waals surface area contributed by atoms with Gasteiger partial charge in [0.2, 0.25) is 17.7 Å². The molecule has 1 spiro atoms. The zero-order chi connectivity index (χ0) is 14.0. The number of hydrogen-bond donors (Lipinski definition) is 2. The van der Waals surface area contributed by atoms with Crippen molar-refractivity contribution in [1.29, 1.82) is 0 Å². The molecule has 2 atom stereocenters. The Morgan fingerprint density at radius 3 is 2.42 bits per heavy atom. The first-order valence-corrected chi connectivity index (χ1v) is 6.46. The molecule has 7 nitrogen and oxygen atoms in total. The maximum absolute atomic E-state index is 12.0. The summed E-state index contributed by atoms with van der Waals surface area (Å²) < 4.78 is 0. The molecule has 2 aliphatic rings. The highest BCUT2D eigenvalue weighted by Crippen LogP contribution is 2.50. The first kappa shape index (κ1) is 13.6. The van der Waals surface area contributed by atoms with E-state index in [1.807, 2.05) is 0 Å². The summed E-state index contributed by atoms with van der Waals surface area (Å²) in [6.07, 6.45) is 3.74. The predicted molar refractivity (Wildman–Crippen MR) is 65.5 cm³/mol. The second kappa shape index (κ2) is 5.07. The summed E-state index contributed by atoms with van der Waals surface area (Å²) in [4.78, 5) is 46.1. The lowest BCUT2D eigenvalue weighted by Gasteiger charge is -2.48. The number of hydrogen-bond acceptors (Lipinski definition) is 5. The molecule has 3 N–H and O–H groups in total. The Morgan fingerprint density at radius 1 is 1.26 bits per heavy atom. The third-order valence-electron chi connectivity index (χ3n) is 4.42. The van der Waals surface area contributed by atoms with Gasteiger partial charge >= 0.3 is 0 Å². The molecule has 0 aromatic heterocycles. The summed E-state index contributed by atoms with van der Waals surface area (Å²) in [5.74, 6) is -3.66. The molecule has 1 aliphatic heterocycles. The Balaban J connectivity index is 2.45. The van der Waals surface area contributed by atoms with Gasteiger partial charge in [0.25, 0.3) is 0 Å². The Bertz CT molecular complexity index is 429. The minimum Gasteiger partial charge on any atom is -0.369 e. The van der Waals surface area contributed by atoms with E-state index in [0.29, 0.717) is 12.8 Å². The van der Waals surface area contributed by atoms with Crippen molar-refractivity contribution in [1.82, 2.24) is 5.32 Å². The van der Waals surface area contributed by atoms with E-state index in [-0.39, 0.29) is 6.54 Å². The topological polar surface area (TPSA) is 119 Å². The lowest BCUT2D eigenvalue weighted by atomic mass is 9.56. The number of rotatable bonds is 3. The number of piperidine rings is 1. The standard InChI is InChI=1S/C12H17N3O4/c13-9(16)8-11(18)15-10(17)7(6-14-19)12(8)4-2-1-3-5-12/h7-8H,1-6H2,(H2,13,16)(H,15,17,18). The minimum absolute atomic E-state index is 0.219. The number of amides is 3. The molecule has 0 bridgehead atoms. The highest BCUT2D eigenvalue weighted by molar-refractivity contribution is 6.10. The first-order chi connectivity index (χ1) is 9.03. The van der Waals surface area contributed by atoms with E-state index < -0.39 is 35.0 Å². The molecule has 7 heteroatoms. The molecular formula is C12H17N3O4. The number of nitrogens with two attached hydrogens (primary N) is 1. The van der Waals surface area contributed by atoms with Crippen LogP contribution >= 0.6 is 0 Å². The van der Waals surface area contributed by atoms with Crippen LogP contribution < -0.4 is 11.1 Å². The quantitative estimate of drug-likeness (QED) is 0.427. The van der Waals surface area contributed by atoms with E-state index in [9.17, 15) is 19.3 Å². The van der Waals surface area contributed by atoms with E-state index in [0.717, 1.165) is 19.3 Å². The molecule has 0 aromatic rings. The minimum atomic E-state index is -1.04. The maximum Gasteiger partial charge on any atom is 0.239 e. The van der Waals surface area contributed by atoms with Gasteiger partial charge < -0.3 is 5.73 Å². The lowest BCUT2D eigenvalue weighted by Crippen LogP contribution is -2.63. The Morgan fingerprint density at radius 2 is 1.89 bits per heavy atom. The number of carbonyl (C=O) groups excluding carboxylic acids is 3. The summed E-state index contributed by atoms with van der Waals surface area (Å²) >= 11 is 0. The van der Waals surface area contributed by atoms with Crippen molar-refractivity contribution in [3.05, 3.63) is 4.91 Å². The van der Waals surface area contributed by atoms with Crippen molar-refractivity contribution < 1.29 is 14.4 Å². The van der Waals surface area contributed by atoms with E-state index in [2.05, 4.69) is 10.5 Å². The largest absolute Gasteiger partial charge is 0.369 e. The molecule has 1 heterocycles. The lowest BCUT2D eigenvalue weighted by molar-refractivity contribution is -0.156. The van der Waals surface area contributed by atoms with Gasteiger partial charge in [-0.05, 0) is 12.8 Å². The van der Waals surface area contributed by atoms with Crippen LogP contribution in [0.3, 0.4) is 0 Å². The normalized spacial score (nSPS) is 29.9. The first-order valence-electron chi connectivity index (χ1n) is 6.46. The SMILES string of the molecule is NC(=O)C1C(=O)NC(=O)C(CN=O)C12CCCCC2. The van der Waals surface area contributed by atoms with Crippen molar-refractivity contribution in [3.63, 3.8) is 0 Å². The van der Waals surface area contributed by atoms with Crippen LogP contribution in [0.4, 0.5) is 0 Å². The van der Waals surface area contributed by atoms with E-state index in [1.165, 1.54) is 0 Å². The smallest absolute Gasteiger partial charge is 0.239 e. The molecule has 0 radical (unpaired) electrons. The van der Waals surface area contributed by atoms with Crippen molar-refractivity contribution >= 4 is 17.7 Å². The third kappa shape index (κ3) is 2.13. The van der Waals surface area contributed by atoms with Crippen LogP contribution in [0.1, 0.15) is 32.1 Å².